The fraction of sp³-hybridized carbons (Fsp3) is 0.722. The minimum absolute atomic E-state index is 0.248. The summed E-state index contributed by atoms with van der Waals surface area (Å²) in [7, 11) is 0. The molecule has 2 aliphatic carbocycles. The van der Waals surface area contributed by atoms with Crippen LogP contribution in [0.3, 0.4) is 0 Å². The van der Waals surface area contributed by atoms with Gasteiger partial charge in [0, 0.05) is 18.6 Å². The maximum atomic E-state index is 9.58. The summed E-state index contributed by atoms with van der Waals surface area (Å²) in [5, 5.41) is 14.0. The Morgan fingerprint density at radius 1 is 1.33 bits per heavy atom. The van der Waals surface area contributed by atoms with Gasteiger partial charge in [-0.05, 0) is 60.4 Å². The van der Waals surface area contributed by atoms with Gasteiger partial charge in [0.05, 0.1) is 12.0 Å². The molecule has 1 heterocycles. The maximum Gasteiger partial charge on any atom is 0.0672 e. The molecule has 3 unspecified atom stereocenters. The topological polar surface area (TPSA) is 27.0 Å². The summed E-state index contributed by atoms with van der Waals surface area (Å²) in [5.74, 6) is 1.09. The standard InChI is InChI=1S/C18H26N2S/c1-2-3-14-4-5-16(11-19)18(10-14)20(17-6-7-17)12-15-8-9-21-13-15/h8-9,13-14,16-18H,2-7,10,12H2,1H3. The Hall–Kier alpha value is -0.850. The van der Waals surface area contributed by atoms with Crippen LogP contribution in [-0.4, -0.2) is 17.0 Å². The first-order valence-corrected chi connectivity index (χ1v) is 9.42. The van der Waals surface area contributed by atoms with Crippen LogP contribution >= 0.6 is 11.3 Å². The molecule has 1 aromatic rings. The highest BCUT2D eigenvalue weighted by atomic mass is 32.1. The normalized spacial score (nSPS) is 29.5. The first kappa shape index (κ1) is 15.1. The van der Waals surface area contributed by atoms with Crippen molar-refractivity contribution in [3.8, 4) is 6.07 Å². The summed E-state index contributed by atoms with van der Waals surface area (Å²) >= 11 is 1.78. The van der Waals surface area contributed by atoms with E-state index >= 15 is 0 Å². The van der Waals surface area contributed by atoms with E-state index in [2.05, 4.69) is 34.7 Å². The molecule has 114 valence electrons. The van der Waals surface area contributed by atoms with Crippen LogP contribution in [0.15, 0.2) is 16.8 Å². The molecule has 21 heavy (non-hydrogen) atoms. The Balaban J connectivity index is 1.73. The molecule has 2 fully saturated rings. The molecule has 0 aromatic carbocycles. The van der Waals surface area contributed by atoms with Gasteiger partial charge in [-0.25, -0.2) is 0 Å². The number of thiophene rings is 1. The number of hydrogen-bond donors (Lipinski definition) is 0. The Morgan fingerprint density at radius 3 is 2.81 bits per heavy atom. The molecule has 3 rings (SSSR count). The van der Waals surface area contributed by atoms with E-state index in [1.54, 1.807) is 11.3 Å². The predicted octanol–water partition coefficient (Wildman–Crippen LogP) is 4.82. The summed E-state index contributed by atoms with van der Waals surface area (Å²) in [6.45, 7) is 3.34. The van der Waals surface area contributed by atoms with E-state index in [1.165, 1.54) is 44.1 Å². The molecule has 3 atom stereocenters. The minimum atomic E-state index is 0.248. The van der Waals surface area contributed by atoms with Gasteiger partial charge in [-0.2, -0.15) is 16.6 Å². The van der Waals surface area contributed by atoms with E-state index < -0.39 is 0 Å². The third-order valence-electron chi connectivity index (χ3n) is 5.18. The van der Waals surface area contributed by atoms with E-state index in [0.717, 1.165) is 24.9 Å². The molecule has 0 bridgehead atoms. The van der Waals surface area contributed by atoms with Gasteiger partial charge in [-0.3, -0.25) is 4.90 Å². The van der Waals surface area contributed by atoms with Crippen molar-refractivity contribution in [3.05, 3.63) is 22.4 Å². The number of nitrogens with zero attached hydrogens (tertiary/aromatic N) is 2. The molecular formula is C18H26N2S. The molecule has 0 saturated heterocycles. The molecule has 0 N–H and O–H groups in total. The smallest absolute Gasteiger partial charge is 0.0672 e. The van der Waals surface area contributed by atoms with Gasteiger partial charge < -0.3 is 0 Å². The van der Waals surface area contributed by atoms with Crippen LogP contribution in [0.25, 0.3) is 0 Å². The second-order valence-electron chi connectivity index (χ2n) is 6.81. The summed E-state index contributed by atoms with van der Waals surface area (Å²) < 4.78 is 0. The maximum absolute atomic E-state index is 9.58. The highest BCUT2D eigenvalue weighted by Crippen LogP contribution is 2.40. The Labute approximate surface area is 132 Å². The fourth-order valence-corrected chi connectivity index (χ4v) is 4.60. The first-order valence-electron chi connectivity index (χ1n) is 8.48. The van der Waals surface area contributed by atoms with Crippen LogP contribution in [0.5, 0.6) is 0 Å². The molecule has 1 aromatic heterocycles. The van der Waals surface area contributed by atoms with Crippen LogP contribution in [0.1, 0.15) is 57.4 Å². The molecule has 2 aliphatic rings. The molecule has 0 aliphatic heterocycles. The largest absolute Gasteiger partial charge is 0.292 e. The van der Waals surface area contributed by atoms with Crippen molar-refractivity contribution in [3.63, 3.8) is 0 Å². The quantitative estimate of drug-likeness (QED) is 0.753. The average molecular weight is 302 g/mol. The highest BCUT2D eigenvalue weighted by molar-refractivity contribution is 7.07. The second kappa shape index (κ2) is 6.94. The van der Waals surface area contributed by atoms with Gasteiger partial charge >= 0.3 is 0 Å². The zero-order valence-corrected chi connectivity index (χ0v) is 13.8. The summed E-state index contributed by atoms with van der Waals surface area (Å²) in [6.07, 6.45) is 8.90. The lowest BCUT2D eigenvalue weighted by atomic mass is 9.76. The molecule has 3 heteroatoms. The average Bonchev–Trinajstić information content (AvgIpc) is 3.22. The van der Waals surface area contributed by atoms with Gasteiger partial charge in [0.15, 0.2) is 0 Å². The van der Waals surface area contributed by atoms with Crippen molar-refractivity contribution in [1.29, 1.82) is 5.26 Å². The lowest BCUT2D eigenvalue weighted by molar-refractivity contribution is 0.0842. The third kappa shape index (κ3) is 3.67. The van der Waals surface area contributed by atoms with Gasteiger partial charge in [-0.1, -0.05) is 19.8 Å². The van der Waals surface area contributed by atoms with Crippen molar-refractivity contribution in [2.45, 2.75) is 70.5 Å². The minimum Gasteiger partial charge on any atom is -0.292 e. The zero-order chi connectivity index (χ0) is 14.7. The van der Waals surface area contributed by atoms with Crippen LogP contribution < -0.4 is 0 Å². The van der Waals surface area contributed by atoms with Gasteiger partial charge in [0.1, 0.15) is 0 Å². The second-order valence-corrected chi connectivity index (χ2v) is 7.59. The van der Waals surface area contributed by atoms with Crippen LogP contribution in [-0.2, 0) is 6.54 Å². The Morgan fingerprint density at radius 2 is 2.19 bits per heavy atom. The van der Waals surface area contributed by atoms with Gasteiger partial charge in [-0.15, -0.1) is 0 Å². The molecule has 0 amide bonds. The number of hydrogen-bond acceptors (Lipinski definition) is 3. The summed E-state index contributed by atoms with van der Waals surface area (Å²) in [5.41, 5.74) is 1.43. The van der Waals surface area contributed by atoms with Gasteiger partial charge in [0.2, 0.25) is 0 Å². The van der Waals surface area contributed by atoms with Crippen LogP contribution in [0.4, 0.5) is 0 Å². The van der Waals surface area contributed by atoms with Crippen molar-refractivity contribution in [2.24, 2.45) is 11.8 Å². The molecule has 2 nitrogen and oxygen atoms in total. The predicted molar refractivity (Wildman–Crippen MR) is 88.0 cm³/mol. The van der Waals surface area contributed by atoms with Crippen molar-refractivity contribution in [1.82, 2.24) is 4.90 Å². The molecule has 0 radical (unpaired) electrons. The number of nitriles is 1. The van der Waals surface area contributed by atoms with Gasteiger partial charge in [0.25, 0.3) is 0 Å². The summed E-state index contributed by atoms with van der Waals surface area (Å²) in [4.78, 5) is 2.68. The van der Waals surface area contributed by atoms with Crippen LogP contribution in [0.2, 0.25) is 0 Å². The zero-order valence-electron chi connectivity index (χ0n) is 13.0. The van der Waals surface area contributed by atoms with Crippen molar-refractivity contribution in [2.75, 3.05) is 0 Å². The molecule has 0 spiro atoms. The Kier molecular flexibility index (Phi) is 4.98. The monoisotopic (exact) mass is 302 g/mol. The first-order chi connectivity index (χ1) is 10.3. The lowest BCUT2D eigenvalue weighted by Crippen LogP contribution is -2.44. The molecular weight excluding hydrogens is 276 g/mol. The van der Waals surface area contributed by atoms with E-state index in [1.807, 2.05) is 0 Å². The van der Waals surface area contributed by atoms with E-state index in [0.29, 0.717) is 6.04 Å². The van der Waals surface area contributed by atoms with Crippen LogP contribution in [0, 0.1) is 23.2 Å². The lowest BCUT2D eigenvalue weighted by Gasteiger charge is -2.40. The SMILES string of the molecule is CCCC1CCC(C#N)C(N(Cc2ccsc2)C2CC2)C1. The molecule has 2 saturated carbocycles. The summed E-state index contributed by atoms with van der Waals surface area (Å²) in [6, 6.07) is 6.10. The highest BCUT2D eigenvalue weighted by Gasteiger charge is 2.40. The number of rotatable bonds is 6. The van der Waals surface area contributed by atoms with Crippen molar-refractivity contribution < 1.29 is 0 Å². The van der Waals surface area contributed by atoms with E-state index in [9.17, 15) is 5.26 Å². The Bertz CT molecular complexity index is 472. The van der Waals surface area contributed by atoms with E-state index in [-0.39, 0.29) is 5.92 Å². The third-order valence-corrected chi connectivity index (χ3v) is 5.91. The van der Waals surface area contributed by atoms with E-state index in [4.69, 9.17) is 0 Å². The fourth-order valence-electron chi connectivity index (χ4n) is 3.94. The van der Waals surface area contributed by atoms with Crippen molar-refractivity contribution >= 4 is 11.3 Å².